The van der Waals surface area contributed by atoms with Crippen LogP contribution >= 0.6 is 11.6 Å². The number of carbonyl (C=O) groups is 1. The first-order valence-electron chi connectivity index (χ1n) is 10.9. The zero-order valence-corrected chi connectivity index (χ0v) is 19.2. The average molecular weight is 484 g/mol. The predicted octanol–water partition coefficient (Wildman–Crippen LogP) is 7.78. The number of hydrogen-bond acceptors (Lipinski definition) is 3. The molecular weight excluding hydrogens is 465 g/mol. The van der Waals surface area contributed by atoms with Crippen LogP contribution in [0.4, 0.5) is 4.39 Å². The molecule has 0 saturated heterocycles. The Morgan fingerprint density at radius 3 is 2.51 bits per heavy atom. The van der Waals surface area contributed by atoms with Gasteiger partial charge in [0.1, 0.15) is 17.3 Å². The first kappa shape index (κ1) is 22.6. The predicted molar refractivity (Wildman–Crippen MR) is 135 cm³/mol. The summed E-state index contributed by atoms with van der Waals surface area (Å²) in [5.74, 6) is -1.36. The Balaban J connectivity index is 1.61. The fourth-order valence-electron chi connectivity index (χ4n) is 4.12. The van der Waals surface area contributed by atoms with E-state index in [1.54, 1.807) is 12.1 Å². The summed E-state index contributed by atoms with van der Waals surface area (Å²) in [4.78, 5) is 15.9. The highest BCUT2D eigenvalue weighted by Gasteiger charge is 2.15. The number of aromatic carboxylic acids is 1. The number of ether oxygens (including phenoxy) is 1. The van der Waals surface area contributed by atoms with Gasteiger partial charge in [0, 0.05) is 17.6 Å². The summed E-state index contributed by atoms with van der Waals surface area (Å²) in [7, 11) is 0. The molecule has 0 fully saturated rings. The molecule has 0 saturated carbocycles. The second-order valence-corrected chi connectivity index (χ2v) is 8.47. The van der Waals surface area contributed by atoms with Crippen LogP contribution < -0.4 is 4.74 Å². The van der Waals surface area contributed by atoms with Crippen LogP contribution in [0.1, 0.15) is 21.5 Å². The molecule has 5 rings (SSSR count). The third-order valence-electron chi connectivity index (χ3n) is 5.64. The number of nitrogens with zero attached hydrogens (tertiary/aromatic N) is 1. The van der Waals surface area contributed by atoms with Crippen LogP contribution in [0.15, 0.2) is 97.2 Å². The SMILES string of the molecule is O=C(O)c1cc(F)cc(Oc2cccc(-c3c(Cc4ccccc4)cnc4c(Cl)cccc34)c2)c1. The molecule has 0 aliphatic rings. The van der Waals surface area contributed by atoms with Gasteiger partial charge in [-0.15, -0.1) is 0 Å². The Morgan fingerprint density at radius 1 is 0.914 bits per heavy atom. The summed E-state index contributed by atoms with van der Waals surface area (Å²) < 4.78 is 19.8. The third kappa shape index (κ3) is 4.86. The number of carboxylic acid groups (broad SMARTS) is 1. The maximum atomic E-state index is 13.9. The highest BCUT2D eigenvalue weighted by molar-refractivity contribution is 6.35. The molecule has 0 bridgehead atoms. The van der Waals surface area contributed by atoms with Gasteiger partial charge in [-0.2, -0.15) is 0 Å². The Morgan fingerprint density at radius 2 is 1.71 bits per heavy atom. The Bertz CT molecular complexity index is 1550. The molecule has 0 aliphatic heterocycles. The largest absolute Gasteiger partial charge is 0.478 e. The van der Waals surface area contributed by atoms with Crippen molar-refractivity contribution in [2.45, 2.75) is 6.42 Å². The number of aromatic nitrogens is 1. The van der Waals surface area contributed by atoms with E-state index in [-0.39, 0.29) is 11.3 Å². The second-order valence-electron chi connectivity index (χ2n) is 8.07. The van der Waals surface area contributed by atoms with E-state index in [4.69, 9.17) is 16.3 Å². The van der Waals surface area contributed by atoms with Crippen LogP contribution in [0.2, 0.25) is 5.02 Å². The smallest absolute Gasteiger partial charge is 0.335 e. The molecule has 4 aromatic carbocycles. The molecule has 1 N–H and O–H groups in total. The fraction of sp³-hybridized carbons (Fsp3) is 0.0345. The quantitative estimate of drug-likeness (QED) is 0.268. The van der Waals surface area contributed by atoms with Gasteiger partial charge in [-0.25, -0.2) is 9.18 Å². The molecule has 1 aromatic heterocycles. The Labute approximate surface area is 206 Å². The maximum absolute atomic E-state index is 13.9. The highest BCUT2D eigenvalue weighted by atomic mass is 35.5. The first-order chi connectivity index (χ1) is 17.0. The molecule has 6 heteroatoms. The van der Waals surface area contributed by atoms with Gasteiger partial charge >= 0.3 is 5.97 Å². The highest BCUT2D eigenvalue weighted by Crippen LogP contribution is 2.37. The van der Waals surface area contributed by atoms with Crippen molar-refractivity contribution in [2.24, 2.45) is 0 Å². The van der Waals surface area contributed by atoms with E-state index in [2.05, 4.69) is 17.1 Å². The monoisotopic (exact) mass is 483 g/mol. The number of pyridine rings is 1. The van der Waals surface area contributed by atoms with E-state index >= 15 is 0 Å². The molecule has 35 heavy (non-hydrogen) atoms. The van der Waals surface area contributed by atoms with Crippen LogP contribution in [0.5, 0.6) is 11.5 Å². The third-order valence-corrected chi connectivity index (χ3v) is 5.95. The van der Waals surface area contributed by atoms with Crippen LogP contribution in [-0.4, -0.2) is 16.1 Å². The maximum Gasteiger partial charge on any atom is 0.335 e. The lowest BCUT2D eigenvalue weighted by Crippen LogP contribution is -1.98. The van der Waals surface area contributed by atoms with Crippen LogP contribution in [0.3, 0.4) is 0 Å². The van der Waals surface area contributed by atoms with Crippen molar-refractivity contribution in [1.82, 2.24) is 4.98 Å². The second kappa shape index (κ2) is 9.57. The lowest BCUT2D eigenvalue weighted by Gasteiger charge is -2.15. The van der Waals surface area contributed by atoms with Crippen LogP contribution in [0, 0.1) is 5.82 Å². The molecule has 0 amide bonds. The number of hydrogen-bond donors (Lipinski definition) is 1. The molecule has 4 nitrogen and oxygen atoms in total. The Kier molecular flexibility index (Phi) is 6.17. The first-order valence-corrected chi connectivity index (χ1v) is 11.3. The van der Waals surface area contributed by atoms with Gasteiger partial charge in [-0.3, -0.25) is 4.98 Å². The van der Waals surface area contributed by atoms with Crippen molar-refractivity contribution in [3.05, 3.63) is 125 Å². The Hall–Kier alpha value is -4.22. The summed E-state index contributed by atoms with van der Waals surface area (Å²) in [6, 6.07) is 26.6. The van der Waals surface area contributed by atoms with E-state index in [0.29, 0.717) is 22.7 Å². The van der Waals surface area contributed by atoms with Crippen molar-refractivity contribution < 1.29 is 19.0 Å². The van der Waals surface area contributed by atoms with E-state index in [0.717, 1.165) is 39.8 Å². The van der Waals surface area contributed by atoms with Gasteiger partial charge in [-0.1, -0.05) is 66.2 Å². The number of halogens is 2. The molecular formula is C29H19ClFNO3. The van der Waals surface area contributed by atoms with Gasteiger partial charge in [0.15, 0.2) is 0 Å². The number of para-hydroxylation sites is 1. The van der Waals surface area contributed by atoms with Crippen molar-refractivity contribution in [3.8, 4) is 22.6 Å². The van der Waals surface area contributed by atoms with Gasteiger partial charge in [0.2, 0.25) is 0 Å². The van der Waals surface area contributed by atoms with E-state index in [1.165, 1.54) is 6.07 Å². The summed E-state index contributed by atoms with van der Waals surface area (Å²) in [5.41, 5.74) is 4.52. The molecule has 0 unspecified atom stereocenters. The topological polar surface area (TPSA) is 59.4 Å². The molecule has 0 aliphatic carbocycles. The molecule has 0 atom stereocenters. The normalized spacial score (nSPS) is 10.9. The van der Waals surface area contributed by atoms with Gasteiger partial charge < -0.3 is 9.84 Å². The van der Waals surface area contributed by atoms with E-state index < -0.39 is 11.8 Å². The molecule has 5 aromatic rings. The van der Waals surface area contributed by atoms with Gasteiger partial charge in [-0.05, 0) is 59.0 Å². The molecule has 1 heterocycles. The summed E-state index contributed by atoms with van der Waals surface area (Å²) in [6.07, 6.45) is 2.51. The van der Waals surface area contributed by atoms with Crippen molar-refractivity contribution in [1.29, 1.82) is 0 Å². The number of rotatable bonds is 6. The van der Waals surface area contributed by atoms with Crippen molar-refractivity contribution in [3.63, 3.8) is 0 Å². The van der Waals surface area contributed by atoms with Gasteiger partial charge in [0.05, 0.1) is 16.1 Å². The fourth-order valence-corrected chi connectivity index (χ4v) is 4.34. The number of carboxylic acids is 1. The van der Waals surface area contributed by atoms with Crippen molar-refractivity contribution >= 4 is 28.5 Å². The minimum absolute atomic E-state index is 0.103. The number of benzene rings is 4. The van der Waals surface area contributed by atoms with E-state index in [1.807, 2.05) is 54.7 Å². The number of fused-ring (bicyclic) bond motifs is 1. The average Bonchev–Trinajstić information content (AvgIpc) is 2.84. The minimum atomic E-state index is -1.23. The molecule has 0 radical (unpaired) electrons. The lowest BCUT2D eigenvalue weighted by molar-refractivity contribution is 0.0696. The summed E-state index contributed by atoms with van der Waals surface area (Å²) in [6.45, 7) is 0. The zero-order valence-electron chi connectivity index (χ0n) is 18.4. The molecule has 0 spiro atoms. The summed E-state index contributed by atoms with van der Waals surface area (Å²) >= 11 is 6.45. The minimum Gasteiger partial charge on any atom is -0.478 e. The van der Waals surface area contributed by atoms with E-state index in [9.17, 15) is 14.3 Å². The standard InChI is InChI=1S/C29H19ClFNO3/c30-26-11-5-10-25-27(21(17-32-28(25)26)12-18-6-2-1-3-7-18)19-8-4-9-23(14-19)35-24-15-20(29(33)34)13-22(31)16-24/h1-11,13-17H,12H2,(H,33,34). The van der Waals surface area contributed by atoms with Crippen LogP contribution in [0.25, 0.3) is 22.0 Å². The van der Waals surface area contributed by atoms with Crippen LogP contribution in [-0.2, 0) is 6.42 Å². The summed E-state index contributed by atoms with van der Waals surface area (Å²) in [5, 5.41) is 10.7. The zero-order chi connectivity index (χ0) is 24.4. The van der Waals surface area contributed by atoms with Crippen molar-refractivity contribution in [2.75, 3.05) is 0 Å². The molecule has 172 valence electrons. The van der Waals surface area contributed by atoms with Gasteiger partial charge in [0.25, 0.3) is 0 Å². The lowest BCUT2D eigenvalue weighted by atomic mass is 9.93.